The van der Waals surface area contributed by atoms with Crippen molar-refractivity contribution in [1.29, 1.82) is 0 Å². The summed E-state index contributed by atoms with van der Waals surface area (Å²) in [6.45, 7) is 8.42. The maximum atomic E-state index is 2.17. The van der Waals surface area contributed by atoms with Crippen LogP contribution in [0.1, 0.15) is 86.5 Å². The van der Waals surface area contributed by atoms with Crippen molar-refractivity contribution in [3.05, 3.63) is 58.7 Å². The molecule has 2 fully saturated rings. The van der Waals surface area contributed by atoms with Crippen LogP contribution in [0.25, 0.3) is 0 Å². The van der Waals surface area contributed by atoms with Gasteiger partial charge < -0.3 is 24.8 Å². The second kappa shape index (κ2) is 16.9. The first kappa shape index (κ1) is 30.4. The second-order valence-electron chi connectivity index (χ2n) is 9.06. The van der Waals surface area contributed by atoms with E-state index < -0.39 is 0 Å². The monoisotopic (exact) mass is 540 g/mol. The average Bonchev–Trinajstić information content (AvgIpc) is 3.29. The van der Waals surface area contributed by atoms with Gasteiger partial charge in [0.2, 0.25) is 0 Å². The van der Waals surface area contributed by atoms with Gasteiger partial charge in [0.25, 0.3) is 0 Å². The summed E-state index contributed by atoms with van der Waals surface area (Å²) in [6.07, 6.45) is 15.7. The molecule has 30 heavy (non-hydrogen) atoms. The van der Waals surface area contributed by atoms with Gasteiger partial charge in [-0.3, -0.25) is 0 Å². The summed E-state index contributed by atoms with van der Waals surface area (Å²) in [5, 5.41) is 0. The van der Waals surface area contributed by atoms with Gasteiger partial charge in [-0.15, -0.1) is 0 Å². The fourth-order valence-corrected chi connectivity index (χ4v) is 11.6. The zero-order valence-electron chi connectivity index (χ0n) is 19.4. The third-order valence-electron chi connectivity index (χ3n) is 6.22. The number of hydrogen-bond donors (Lipinski definition) is 0. The van der Waals surface area contributed by atoms with Gasteiger partial charge in [-0.2, -0.15) is 35.4 Å². The van der Waals surface area contributed by atoms with Gasteiger partial charge in [-0.05, 0) is 0 Å². The SMILES string of the molecule is Cc1c[cH-]c(C)c1.Cc1c[cH-]c(C)c1.[Cl-].[Cl-].[Zr+2]=[Si](C1CCCCC1)C1CCCCC1. The minimum atomic E-state index is 0. The van der Waals surface area contributed by atoms with Crippen LogP contribution in [-0.2, 0) is 23.3 Å². The standard InChI is InChI=1S/C12H22Si.2C7H9.2ClH.Zr/c1-3-7-11(8-4-1)13-12-9-5-2-6-10-12;2*1-6-3-4-7(2)5-6;;;/h11-12H,1-10H2;2*3-5H,1-2H3;2*1H;/q;2*-1;;;+2/p-2. The van der Waals surface area contributed by atoms with Gasteiger partial charge in [-0.25, -0.2) is 23.3 Å². The van der Waals surface area contributed by atoms with Crippen LogP contribution >= 0.6 is 0 Å². The van der Waals surface area contributed by atoms with E-state index in [1.54, 1.807) is 51.4 Å². The van der Waals surface area contributed by atoms with E-state index in [1.165, 1.54) is 46.2 Å². The summed E-state index contributed by atoms with van der Waals surface area (Å²) in [6, 6.07) is 12.8. The van der Waals surface area contributed by atoms with Gasteiger partial charge in [0, 0.05) is 0 Å². The van der Waals surface area contributed by atoms with Crippen LogP contribution in [0.5, 0.6) is 0 Å². The van der Waals surface area contributed by atoms with Crippen LogP contribution in [0.2, 0.25) is 11.1 Å². The Morgan fingerprint density at radius 3 is 1.20 bits per heavy atom. The van der Waals surface area contributed by atoms with E-state index >= 15 is 0 Å². The molecule has 2 saturated carbocycles. The molecule has 0 aromatic heterocycles. The number of halogens is 2. The molecule has 0 nitrogen and oxygen atoms in total. The van der Waals surface area contributed by atoms with Crippen molar-refractivity contribution in [2.75, 3.05) is 0 Å². The molecule has 4 heteroatoms. The normalized spacial score (nSPS) is 16.7. The molecule has 0 unspecified atom stereocenters. The summed E-state index contributed by atoms with van der Waals surface area (Å²) >= 11 is 1.95. The molecular formula is C26H40Cl2SiZr-2. The number of hydrogen-bond acceptors (Lipinski definition) is 0. The Balaban J connectivity index is 0.000000448. The Kier molecular flexibility index (Phi) is 17.2. The van der Waals surface area contributed by atoms with Crippen molar-refractivity contribution in [2.45, 2.75) is 103 Å². The zero-order chi connectivity index (χ0) is 20.4. The van der Waals surface area contributed by atoms with E-state index in [0.717, 1.165) is 0 Å². The van der Waals surface area contributed by atoms with E-state index in [0.29, 0.717) is 0 Å². The molecule has 0 amide bonds. The third-order valence-corrected chi connectivity index (χ3v) is 15.2. The molecular weight excluding hydrogens is 503 g/mol. The zero-order valence-corrected chi connectivity index (χ0v) is 24.4. The maximum absolute atomic E-state index is 2.17. The molecule has 0 atom stereocenters. The van der Waals surface area contributed by atoms with E-state index in [-0.39, 0.29) is 30.2 Å². The molecule has 168 valence electrons. The molecule has 0 N–H and O–H groups in total. The quantitative estimate of drug-likeness (QED) is 0.404. The molecule has 0 saturated heterocycles. The third kappa shape index (κ3) is 11.8. The predicted molar refractivity (Wildman–Crippen MR) is 122 cm³/mol. The molecule has 2 aliphatic carbocycles. The summed E-state index contributed by atoms with van der Waals surface area (Å²) in [4.78, 5) is 0. The van der Waals surface area contributed by atoms with Gasteiger partial charge in [0.05, 0.1) is 0 Å². The molecule has 2 aromatic carbocycles. The molecule has 0 heterocycles. The van der Waals surface area contributed by atoms with Crippen LogP contribution in [0, 0.1) is 27.7 Å². The van der Waals surface area contributed by atoms with Crippen molar-refractivity contribution in [3.63, 3.8) is 0 Å². The van der Waals surface area contributed by atoms with E-state index in [4.69, 9.17) is 0 Å². The number of aryl methyl sites for hydroxylation is 4. The first-order valence-electron chi connectivity index (χ1n) is 11.4. The van der Waals surface area contributed by atoms with Crippen LogP contribution < -0.4 is 24.8 Å². The Labute approximate surface area is 213 Å². The van der Waals surface area contributed by atoms with E-state index in [1.807, 2.05) is 23.3 Å². The first-order chi connectivity index (χ1) is 13.5. The van der Waals surface area contributed by atoms with Crippen LogP contribution in [0.4, 0.5) is 0 Å². The van der Waals surface area contributed by atoms with Gasteiger partial charge in [0.1, 0.15) is 0 Å². The second-order valence-corrected chi connectivity index (χ2v) is 15.9. The summed E-state index contributed by atoms with van der Waals surface area (Å²) in [5.41, 5.74) is 8.00. The van der Waals surface area contributed by atoms with Crippen LogP contribution in [0.15, 0.2) is 36.4 Å². The predicted octanol–water partition coefficient (Wildman–Crippen LogP) is 2.25. The van der Waals surface area contributed by atoms with Crippen molar-refractivity contribution < 1.29 is 48.1 Å². The first-order valence-corrected chi connectivity index (χ1v) is 16.8. The Morgan fingerprint density at radius 2 is 1.00 bits per heavy atom. The van der Waals surface area contributed by atoms with E-state index in [2.05, 4.69) is 64.1 Å². The topological polar surface area (TPSA) is 0 Å². The van der Waals surface area contributed by atoms with Gasteiger partial charge in [0.15, 0.2) is 0 Å². The van der Waals surface area contributed by atoms with Crippen molar-refractivity contribution in [1.82, 2.24) is 0 Å². The summed E-state index contributed by atoms with van der Waals surface area (Å²) in [5.74, 6) is 0. The molecule has 0 bridgehead atoms. The van der Waals surface area contributed by atoms with Crippen molar-refractivity contribution in [3.8, 4) is 0 Å². The average molecular weight is 543 g/mol. The molecule has 0 aliphatic heterocycles. The molecule has 2 aliphatic rings. The fraction of sp³-hybridized carbons (Fsp3) is 0.615. The summed E-state index contributed by atoms with van der Waals surface area (Å²) in [7, 11) is 0. The Morgan fingerprint density at radius 1 is 0.667 bits per heavy atom. The van der Waals surface area contributed by atoms with Gasteiger partial charge in [-0.1, -0.05) is 27.7 Å². The number of rotatable bonds is 2. The molecule has 0 spiro atoms. The summed E-state index contributed by atoms with van der Waals surface area (Å²) < 4.78 is 0. The minimum absolute atomic E-state index is 0. The van der Waals surface area contributed by atoms with Crippen LogP contribution in [0.3, 0.4) is 0 Å². The Hall–Kier alpha value is 0.380. The van der Waals surface area contributed by atoms with Crippen molar-refractivity contribution in [2.24, 2.45) is 0 Å². The molecule has 2 aromatic rings. The van der Waals surface area contributed by atoms with Gasteiger partial charge >= 0.3 is 104 Å². The van der Waals surface area contributed by atoms with E-state index in [9.17, 15) is 0 Å². The molecule has 0 radical (unpaired) electrons. The molecule has 4 rings (SSSR count). The Bertz CT molecular complexity index is 600. The van der Waals surface area contributed by atoms with Crippen molar-refractivity contribution >= 4 is 5.43 Å². The van der Waals surface area contributed by atoms with Crippen LogP contribution in [-0.4, -0.2) is 5.43 Å². The fourth-order valence-electron chi connectivity index (χ4n) is 4.60.